The van der Waals surface area contributed by atoms with Crippen LogP contribution in [0.4, 0.5) is 0 Å². The Morgan fingerprint density at radius 1 is 1.50 bits per heavy atom. The van der Waals surface area contributed by atoms with Crippen molar-refractivity contribution >= 4 is 39.0 Å². The van der Waals surface area contributed by atoms with Crippen LogP contribution in [0.3, 0.4) is 0 Å². The van der Waals surface area contributed by atoms with E-state index >= 15 is 0 Å². The summed E-state index contributed by atoms with van der Waals surface area (Å²) in [6.45, 7) is 2.22. The molecule has 3 N–H and O–H groups in total. The quantitative estimate of drug-likeness (QED) is 0.490. The van der Waals surface area contributed by atoms with Gasteiger partial charge >= 0.3 is 0 Å². The molecule has 0 heterocycles. The van der Waals surface area contributed by atoms with Crippen LogP contribution >= 0.6 is 24.0 Å². The average molecular weight is 284 g/mol. The molecule has 0 fully saturated rings. The Hall–Kier alpha value is 0.150. The first kappa shape index (κ1) is 16.1. The molecule has 4 nitrogen and oxygen atoms in total. The Bertz CT molecular complexity index is 304. The van der Waals surface area contributed by atoms with Crippen LogP contribution in [0.25, 0.3) is 0 Å². The van der Waals surface area contributed by atoms with Crippen LogP contribution in [-0.4, -0.2) is 37.2 Å². The van der Waals surface area contributed by atoms with Crippen molar-refractivity contribution in [3.63, 3.8) is 0 Å². The van der Waals surface area contributed by atoms with Crippen LogP contribution in [0.5, 0.6) is 0 Å². The molecule has 0 saturated heterocycles. The lowest BCUT2D eigenvalue weighted by molar-refractivity contribution is 0.571. The summed E-state index contributed by atoms with van der Waals surface area (Å²) in [6, 6.07) is 0. The fourth-order valence-electron chi connectivity index (χ4n) is 1.26. The van der Waals surface area contributed by atoms with Gasteiger partial charge in [0.15, 0.2) is 0 Å². The summed E-state index contributed by atoms with van der Waals surface area (Å²) >= 11 is 6.50. The first-order valence-corrected chi connectivity index (χ1v) is 8.57. The summed E-state index contributed by atoms with van der Waals surface area (Å²) in [6.07, 6.45) is 4.29. The predicted octanol–water partition coefficient (Wildman–Crippen LogP) is 1.11. The second-order valence-corrected chi connectivity index (χ2v) is 6.84. The van der Waals surface area contributed by atoms with Crippen LogP contribution in [0.2, 0.25) is 0 Å². The molecule has 0 amide bonds. The smallest absolute Gasteiger partial charge is 0.220 e. The van der Waals surface area contributed by atoms with Gasteiger partial charge in [-0.15, -0.1) is 0 Å². The number of nitrogens with one attached hydrogen (secondary N) is 1. The first-order valence-electron chi connectivity index (χ1n) is 5.22. The first-order chi connectivity index (χ1) is 7.45. The highest BCUT2D eigenvalue weighted by Gasteiger charge is 2.25. The molecule has 0 aliphatic carbocycles. The lowest BCUT2D eigenvalue weighted by Gasteiger charge is -2.14. The van der Waals surface area contributed by atoms with E-state index in [1.54, 1.807) is 18.7 Å². The summed E-state index contributed by atoms with van der Waals surface area (Å²) in [5.74, 6) is 1.05. The summed E-state index contributed by atoms with van der Waals surface area (Å²) in [4.78, 5) is 0.0408. The van der Waals surface area contributed by atoms with Gasteiger partial charge < -0.3 is 5.73 Å². The van der Waals surface area contributed by atoms with E-state index < -0.39 is 15.3 Å². The molecule has 0 bridgehead atoms. The van der Waals surface area contributed by atoms with Gasteiger partial charge in [-0.3, -0.25) is 0 Å². The van der Waals surface area contributed by atoms with Gasteiger partial charge in [0.25, 0.3) is 0 Å². The largest absolute Gasteiger partial charge is 0.392 e. The SMILES string of the molecule is CCC(C(N)=S)S(=O)(=O)NCCCCSC. The normalized spacial score (nSPS) is 13.6. The van der Waals surface area contributed by atoms with Gasteiger partial charge in [-0.2, -0.15) is 11.8 Å². The molecule has 0 spiro atoms. The number of unbranched alkanes of at least 4 members (excludes halogenated alkanes) is 1. The summed E-state index contributed by atoms with van der Waals surface area (Å²) in [5, 5.41) is -0.747. The minimum Gasteiger partial charge on any atom is -0.392 e. The van der Waals surface area contributed by atoms with Crippen molar-refractivity contribution in [3.8, 4) is 0 Å². The lowest BCUT2D eigenvalue weighted by Crippen LogP contribution is -2.41. The van der Waals surface area contributed by atoms with Gasteiger partial charge in [0, 0.05) is 6.54 Å². The fraction of sp³-hybridized carbons (Fsp3) is 0.889. The third kappa shape index (κ3) is 6.03. The van der Waals surface area contributed by atoms with E-state index in [2.05, 4.69) is 4.72 Å². The van der Waals surface area contributed by atoms with Crippen LogP contribution < -0.4 is 10.5 Å². The molecular weight excluding hydrogens is 264 g/mol. The molecular formula is C9H20N2O2S3. The molecule has 0 aromatic carbocycles. The third-order valence-electron chi connectivity index (χ3n) is 2.14. The molecule has 7 heteroatoms. The van der Waals surface area contributed by atoms with Gasteiger partial charge in [0.2, 0.25) is 10.0 Å². The van der Waals surface area contributed by atoms with Gasteiger partial charge in [0.05, 0.1) is 4.99 Å². The second kappa shape index (κ2) is 8.27. The van der Waals surface area contributed by atoms with Crippen molar-refractivity contribution in [2.75, 3.05) is 18.6 Å². The van der Waals surface area contributed by atoms with Gasteiger partial charge in [-0.25, -0.2) is 13.1 Å². The number of sulfonamides is 1. The number of hydrogen-bond acceptors (Lipinski definition) is 4. The molecule has 1 unspecified atom stereocenters. The minimum absolute atomic E-state index is 0.0408. The molecule has 0 rings (SSSR count). The van der Waals surface area contributed by atoms with Crippen LogP contribution in [0, 0.1) is 0 Å². The monoisotopic (exact) mass is 284 g/mol. The van der Waals surface area contributed by atoms with Crippen LogP contribution in [0.1, 0.15) is 26.2 Å². The van der Waals surface area contributed by atoms with E-state index in [-0.39, 0.29) is 4.99 Å². The summed E-state index contributed by atoms with van der Waals surface area (Å²) < 4.78 is 26.0. The Morgan fingerprint density at radius 2 is 2.12 bits per heavy atom. The van der Waals surface area contributed by atoms with Crippen molar-refractivity contribution in [1.29, 1.82) is 0 Å². The third-order valence-corrected chi connectivity index (χ3v) is 5.21. The Morgan fingerprint density at radius 3 is 2.56 bits per heavy atom. The topological polar surface area (TPSA) is 72.2 Å². The zero-order valence-electron chi connectivity index (χ0n) is 9.73. The summed E-state index contributed by atoms with van der Waals surface area (Å²) in [7, 11) is -3.38. The predicted molar refractivity (Wildman–Crippen MR) is 75.4 cm³/mol. The second-order valence-electron chi connectivity index (χ2n) is 3.44. The van der Waals surface area contributed by atoms with Gasteiger partial charge in [-0.1, -0.05) is 19.1 Å². The van der Waals surface area contributed by atoms with E-state index in [1.165, 1.54) is 0 Å². The van der Waals surface area contributed by atoms with Crippen molar-refractivity contribution in [2.24, 2.45) is 5.73 Å². The van der Waals surface area contributed by atoms with Crippen LogP contribution in [-0.2, 0) is 10.0 Å². The highest BCUT2D eigenvalue weighted by Crippen LogP contribution is 2.05. The van der Waals surface area contributed by atoms with Gasteiger partial charge in [0.1, 0.15) is 5.25 Å². The Labute approximate surface area is 108 Å². The Balaban J connectivity index is 4.09. The molecule has 0 aliphatic rings. The lowest BCUT2D eigenvalue weighted by atomic mass is 10.3. The van der Waals surface area contributed by atoms with E-state index in [1.807, 2.05) is 6.26 Å². The van der Waals surface area contributed by atoms with Crippen molar-refractivity contribution in [2.45, 2.75) is 31.4 Å². The molecule has 0 aromatic heterocycles. The van der Waals surface area contributed by atoms with Crippen molar-refractivity contribution < 1.29 is 8.42 Å². The number of thiocarbonyl (C=S) groups is 1. The Kier molecular flexibility index (Phi) is 8.35. The number of nitrogens with two attached hydrogens (primary N) is 1. The maximum atomic E-state index is 11.8. The molecule has 16 heavy (non-hydrogen) atoms. The zero-order chi connectivity index (χ0) is 12.6. The van der Waals surface area contributed by atoms with E-state index in [0.29, 0.717) is 13.0 Å². The number of hydrogen-bond donors (Lipinski definition) is 2. The number of rotatable bonds is 9. The summed E-state index contributed by atoms with van der Waals surface area (Å²) in [5.41, 5.74) is 5.39. The van der Waals surface area contributed by atoms with E-state index in [0.717, 1.165) is 18.6 Å². The minimum atomic E-state index is -3.38. The van der Waals surface area contributed by atoms with Gasteiger partial charge in [-0.05, 0) is 31.3 Å². The maximum absolute atomic E-state index is 11.8. The standard InChI is InChI=1S/C9H20N2O2S3/c1-3-8(9(10)14)16(12,13)11-6-4-5-7-15-2/h8,11H,3-7H2,1-2H3,(H2,10,14). The molecule has 0 saturated carbocycles. The highest BCUT2D eigenvalue weighted by molar-refractivity contribution is 7.98. The molecule has 0 aliphatic heterocycles. The zero-order valence-corrected chi connectivity index (χ0v) is 12.2. The van der Waals surface area contributed by atoms with Crippen molar-refractivity contribution in [1.82, 2.24) is 4.72 Å². The molecule has 0 radical (unpaired) electrons. The van der Waals surface area contributed by atoms with E-state index in [9.17, 15) is 8.42 Å². The molecule has 96 valence electrons. The maximum Gasteiger partial charge on any atom is 0.220 e. The fourth-order valence-corrected chi connectivity index (χ4v) is 3.67. The van der Waals surface area contributed by atoms with Crippen molar-refractivity contribution in [3.05, 3.63) is 0 Å². The van der Waals surface area contributed by atoms with Crippen LogP contribution in [0.15, 0.2) is 0 Å². The van der Waals surface area contributed by atoms with E-state index in [4.69, 9.17) is 18.0 Å². The molecule has 1 atom stereocenters. The number of thioether (sulfide) groups is 1. The highest BCUT2D eigenvalue weighted by atomic mass is 32.2. The molecule has 0 aromatic rings. The average Bonchev–Trinajstić information content (AvgIpc) is 2.17.